The topological polar surface area (TPSA) is 84.3 Å². The van der Waals surface area contributed by atoms with Gasteiger partial charge in [0, 0.05) is 31.0 Å². The van der Waals surface area contributed by atoms with E-state index in [4.69, 9.17) is 0 Å². The number of piperidine rings is 1. The first-order valence-corrected chi connectivity index (χ1v) is 11.0. The van der Waals surface area contributed by atoms with Gasteiger partial charge in [0.05, 0.1) is 12.2 Å². The van der Waals surface area contributed by atoms with Gasteiger partial charge in [-0.2, -0.15) is 4.31 Å². The number of nitrogens with zero attached hydrogens (tertiary/aromatic N) is 3. The molecule has 152 valence electrons. The van der Waals surface area contributed by atoms with Crippen LogP contribution in [0, 0.1) is 19.8 Å². The number of hydrogen-bond acceptors (Lipinski definition) is 4. The molecule has 1 aliphatic heterocycles. The summed E-state index contributed by atoms with van der Waals surface area (Å²) in [7, 11) is -3.71. The summed E-state index contributed by atoms with van der Waals surface area (Å²) in [6.07, 6.45) is 4.41. The lowest BCUT2D eigenvalue weighted by Gasteiger charge is -2.30. The molecule has 1 N–H and O–H groups in total. The van der Waals surface area contributed by atoms with Crippen molar-refractivity contribution in [1.29, 1.82) is 0 Å². The largest absolute Gasteiger partial charge is 0.334 e. The van der Waals surface area contributed by atoms with Gasteiger partial charge in [-0.3, -0.25) is 4.79 Å². The van der Waals surface area contributed by atoms with Crippen LogP contribution in [0.4, 0.5) is 5.69 Å². The van der Waals surface area contributed by atoms with Crippen molar-refractivity contribution in [2.45, 2.75) is 51.6 Å². The zero-order valence-corrected chi connectivity index (χ0v) is 17.7. The van der Waals surface area contributed by atoms with E-state index in [0.717, 1.165) is 16.8 Å². The van der Waals surface area contributed by atoms with Crippen molar-refractivity contribution in [2.75, 3.05) is 18.4 Å². The zero-order chi connectivity index (χ0) is 20.5. The molecule has 7 nitrogen and oxygen atoms in total. The highest BCUT2D eigenvalue weighted by Gasteiger charge is 2.34. The number of aryl methyl sites for hydroxylation is 1. The average Bonchev–Trinajstić information content (AvgIpc) is 3.17. The number of aromatic nitrogens is 2. The first kappa shape index (κ1) is 20.5. The van der Waals surface area contributed by atoms with E-state index >= 15 is 0 Å². The molecule has 1 aliphatic rings. The standard InChI is InChI=1S/C20H28N4O3S/c1-14(2)23-12-19(21-13-23)28(26,27)24-10-6-8-17(11-24)20(25)22-18-9-5-7-15(3)16(18)4/h5,7,9,12-14,17H,6,8,10-11H2,1-4H3,(H,22,25)/t17-/m0/s1. The SMILES string of the molecule is Cc1cccc(NC(=O)[C@H]2CCCN(S(=O)(=O)c3cn(C(C)C)cn3)C2)c1C. The number of hydrogen-bond donors (Lipinski definition) is 1. The second-order valence-electron chi connectivity index (χ2n) is 7.69. The molecule has 1 aromatic carbocycles. The predicted molar refractivity (Wildman–Crippen MR) is 109 cm³/mol. The fourth-order valence-corrected chi connectivity index (χ4v) is 4.81. The first-order chi connectivity index (χ1) is 13.2. The summed E-state index contributed by atoms with van der Waals surface area (Å²) in [4.78, 5) is 16.9. The van der Waals surface area contributed by atoms with Crippen molar-refractivity contribution in [3.05, 3.63) is 41.9 Å². The van der Waals surface area contributed by atoms with Crippen LogP contribution in [0.3, 0.4) is 0 Å². The maximum Gasteiger partial charge on any atom is 0.262 e. The smallest absolute Gasteiger partial charge is 0.262 e. The van der Waals surface area contributed by atoms with Crippen molar-refractivity contribution in [3.8, 4) is 0 Å². The van der Waals surface area contributed by atoms with Crippen molar-refractivity contribution in [2.24, 2.45) is 5.92 Å². The number of carbonyl (C=O) groups is 1. The van der Waals surface area contributed by atoms with Crippen LogP contribution in [0.2, 0.25) is 0 Å². The summed E-state index contributed by atoms with van der Waals surface area (Å²) in [6.45, 7) is 8.47. The van der Waals surface area contributed by atoms with Crippen LogP contribution in [-0.4, -0.2) is 41.3 Å². The quantitative estimate of drug-likeness (QED) is 0.830. The van der Waals surface area contributed by atoms with Crippen LogP contribution in [0.5, 0.6) is 0 Å². The zero-order valence-electron chi connectivity index (χ0n) is 16.8. The number of amides is 1. The van der Waals surface area contributed by atoms with Gasteiger partial charge in [0.15, 0.2) is 5.03 Å². The Morgan fingerprint density at radius 2 is 2.04 bits per heavy atom. The number of carbonyl (C=O) groups excluding carboxylic acids is 1. The van der Waals surface area contributed by atoms with E-state index in [1.54, 1.807) is 10.8 Å². The molecule has 1 saturated heterocycles. The van der Waals surface area contributed by atoms with Gasteiger partial charge < -0.3 is 9.88 Å². The van der Waals surface area contributed by atoms with Gasteiger partial charge in [0.2, 0.25) is 5.91 Å². The molecule has 8 heteroatoms. The highest BCUT2D eigenvalue weighted by Crippen LogP contribution is 2.25. The summed E-state index contributed by atoms with van der Waals surface area (Å²) in [6, 6.07) is 5.90. The van der Waals surface area contributed by atoms with Crippen molar-refractivity contribution in [3.63, 3.8) is 0 Å². The van der Waals surface area contributed by atoms with Crippen molar-refractivity contribution < 1.29 is 13.2 Å². The fraction of sp³-hybridized carbons (Fsp3) is 0.500. The summed E-state index contributed by atoms with van der Waals surface area (Å²) < 4.78 is 29.1. The molecule has 1 atom stereocenters. The van der Waals surface area contributed by atoms with Crippen LogP contribution in [0.1, 0.15) is 43.9 Å². The van der Waals surface area contributed by atoms with Crippen LogP contribution < -0.4 is 5.32 Å². The molecule has 1 aromatic heterocycles. The molecular weight excluding hydrogens is 376 g/mol. The van der Waals surface area contributed by atoms with Crippen molar-refractivity contribution >= 4 is 21.6 Å². The van der Waals surface area contributed by atoms with Gasteiger partial charge in [-0.1, -0.05) is 12.1 Å². The summed E-state index contributed by atoms with van der Waals surface area (Å²) >= 11 is 0. The number of rotatable bonds is 5. The maximum absolute atomic E-state index is 13.0. The second kappa shape index (κ2) is 8.05. The molecule has 1 fully saturated rings. The van der Waals surface area contributed by atoms with Crippen molar-refractivity contribution in [1.82, 2.24) is 13.9 Å². The molecule has 2 heterocycles. The molecule has 0 saturated carbocycles. The Balaban J connectivity index is 1.74. The number of anilines is 1. The maximum atomic E-state index is 13.0. The minimum absolute atomic E-state index is 0.0387. The molecule has 2 aromatic rings. The average molecular weight is 405 g/mol. The summed E-state index contributed by atoms with van der Waals surface area (Å²) in [5, 5.41) is 3.01. The van der Waals surface area contributed by atoms with Gasteiger partial charge in [-0.25, -0.2) is 13.4 Å². The Morgan fingerprint density at radius 3 is 2.71 bits per heavy atom. The van der Waals surface area contributed by atoms with Crippen LogP contribution >= 0.6 is 0 Å². The lowest BCUT2D eigenvalue weighted by Crippen LogP contribution is -2.43. The summed E-state index contributed by atoms with van der Waals surface area (Å²) in [5.41, 5.74) is 2.91. The molecule has 3 rings (SSSR count). The predicted octanol–water partition coefficient (Wildman–Crippen LogP) is 3.12. The summed E-state index contributed by atoms with van der Waals surface area (Å²) in [5.74, 6) is -0.517. The molecule has 0 radical (unpaired) electrons. The second-order valence-corrected chi connectivity index (χ2v) is 9.58. The van der Waals surface area contributed by atoms with Gasteiger partial charge in [0.25, 0.3) is 10.0 Å². The molecule has 1 amide bonds. The number of benzene rings is 1. The molecule has 0 spiro atoms. The van der Waals surface area contributed by atoms with Crippen LogP contribution in [0.25, 0.3) is 0 Å². The van der Waals surface area contributed by atoms with E-state index in [2.05, 4.69) is 10.3 Å². The Morgan fingerprint density at radius 1 is 1.29 bits per heavy atom. The highest BCUT2D eigenvalue weighted by molar-refractivity contribution is 7.89. The van der Waals surface area contributed by atoms with E-state index in [0.29, 0.717) is 19.4 Å². The van der Waals surface area contributed by atoms with Crippen LogP contribution in [-0.2, 0) is 14.8 Å². The van der Waals surface area contributed by atoms with E-state index < -0.39 is 10.0 Å². The van der Waals surface area contributed by atoms with E-state index in [-0.39, 0.29) is 29.4 Å². The Hall–Kier alpha value is -2.19. The lowest BCUT2D eigenvalue weighted by molar-refractivity contribution is -0.120. The van der Waals surface area contributed by atoms with E-state index in [1.165, 1.54) is 10.6 Å². The minimum Gasteiger partial charge on any atom is -0.334 e. The Bertz CT molecular complexity index is 966. The third-order valence-electron chi connectivity index (χ3n) is 5.40. The highest BCUT2D eigenvalue weighted by atomic mass is 32.2. The monoisotopic (exact) mass is 404 g/mol. The lowest BCUT2D eigenvalue weighted by atomic mass is 9.98. The first-order valence-electron chi connectivity index (χ1n) is 9.61. The molecule has 0 unspecified atom stereocenters. The molecule has 0 aliphatic carbocycles. The van der Waals surface area contributed by atoms with Gasteiger partial charge >= 0.3 is 0 Å². The molecule has 28 heavy (non-hydrogen) atoms. The number of imidazole rings is 1. The Labute approximate surface area is 166 Å². The van der Waals surface area contributed by atoms with Gasteiger partial charge in [-0.15, -0.1) is 0 Å². The van der Waals surface area contributed by atoms with E-state index in [1.807, 2.05) is 45.9 Å². The number of sulfonamides is 1. The minimum atomic E-state index is -3.71. The molecule has 0 bridgehead atoms. The van der Waals surface area contributed by atoms with Crippen LogP contribution in [0.15, 0.2) is 35.7 Å². The third kappa shape index (κ3) is 4.12. The molecular formula is C20H28N4O3S. The fourth-order valence-electron chi connectivity index (χ4n) is 3.36. The van der Waals surface area contributed by atoms with Gasteiger partial charge in [0.1, 0.15) is 0 Å². The van der Waals surface area contributed by atoms with Gasteiger partial charge in [-0.05, 0) is 57.7 Å². The number of nitrogens with one attached hydrogen (secondary N) is 1. The Kier molecular flexibility index (Phi) is 5.90. The third-order valence-corrected chi connectivity index (χ3v) is 7.15. The van der Waals surface area contributed by atoms with E-state index in [9.17, 15) is 13.2 Å². The normalized spacial score (nSPS) is 18.4.